The van der Waals surface area contributed by atoms with E-state index in [2.05, 4.69) is 40.9 Å². The number of pyridine rings is 2. The minimum atomic E-state index is -0.117. The van der Waals surface area contributed by atoms with E-state index in [0.29, 0.717) is 34.7 Å². The van der Waals surface area contributed by atoms with E-state index >= 15 is 0 Å². The highest BCUT2D eigenvalue weighted by atomic mass is 16.1. The number of rotatable bonds is 5. The number of aromatic nitrogens is 2. The second kappa shape index (κ2) is 8.75. The molecule has 1 N–H and O–H groups in total. The van der Waals surface area contributed by atoms with Gasteiger partial charge < -0.3 is 10.2 Å². The van der Waals surface area contributed by atoms with E-state index in [9.17, 15) is 4.79 Å². The molecule has 5 nitrogen and oxygen atoms in total. The van der Waals surface area contributed by atoms with Crippen molar-refractivity contribution in [2.24, 2.45) is 11.8 Å². The molecule has 0 unspecified atom stereocenters. The number of anilines is 1. The third-order valence-electron chi connectivity index (χ3n) is 5.34. The van der Waals surface area contributed by atoms with Crippen LogP contribution in [0.3, 0.4) is 0 Å². The van der Waals surface area contributed by atoms with Crippen LogP contribution >= 0.6 is 0 Å². The van der Waals surface area contributed by atoms with Crippen molar-refractivity contribution in [1.29, 1.82) is 0 Å². The largest absolute Gasteiger partial charge is 0.354 e. The van der Waals surface area contributed by atoms with E-state index in [1.807, 2.05) is 12.1 Å². The summed E-state index contributed by atoms with van der Waals surface area (Å²) < 4.78 is 0. The minimum Gasteiger partial charge on any atom is -0.354 e. The maximum Gasteiger partial charge on any atom is 0.214 e. The second-order valence-corrected chi connectivity index (χ2v) is 8.41. The van der Waals surface area contributed by atoms with Gasteiger partial charge in [-0.1, -0.05) is 25.7 Å². The molecule has 0 spiro atoms. The van der Waals surface area contributed by atoms with Crippen molar-refractivity contribution in [3.8, 4) is 11.8 Å². The zero-order valence-electron chi connectivity index (χ0n) is 17.2. The number of carbonyl (C=O) groups is 1. The Bertz CT molecular complexity index is 925. The summed E-state index contributed by atoms with van der Waals surface area (Å²) in [7, 11) is 0. The molecule has 5 heteroatoms. The Morgan fingerprint density at radius 3 is 2.90 bits per heavy atom. The van der Waals surface area contributed by atoms with Crippen molar-refractivity contribution in [1.82, 2.24) is 15.3 Å². The molecule has 0 aromatic carbocycles. The first-order valence-electron chi connectivity index (χ1n) is 10.6. The molecule has 1 aliphatic carbocycles. The van der Waals surface area contributed by atoms with Gasteiger partial charge in [-0.3, -0.25) is 9.78 Å². The first-order valence-corrected chi connectivity index (χ1v) is 10.6. The summed E-state index contributed by atoms with van der Waals surface area (Å²) in [5.41, 5.74) is 1.69. The van der Waals surface area contributed by atoms with Gasteiger partial charge in [0.15, 0.2) is 0 Å². The van der Waals surface area contributed by atoms with Gasteiger partial charge in [-0.05, 0) is 49.4 Å². The van der Waals surface area contributed by atoms with Gasteiger partial charge in [0.1, 0.15) is 11.5 Å². The summed E-state index contributed by atoms with van der Waals surface area (Å²) in [6, 6.07) is 7.97. The number of hydrogen-bond acceptors (Lipinski definition) is 5. The number of piperazine rings is 1. The predicted octanol–water partition coefficient (Wildman–Crippen LogP) is 3.29. The third-order valence-corrected chi connectivity index (χ3v) is 5.34. The number of hydrogen-bond donors (Lipinski definition) is 1. The predicted molar refractivity (Wildman–Crippen MR) is 115 cm³/mol. The highest BCUT2D eigenvalue weighted by molar-refractivity contribution is 6.09. The van der Waals surface area contributed by atoms with E-state index in [-0.39, 0.29) is 5.78 Å². The molecule has 1 aliphatic heterocycles. The first kappa shape index (κ1) is 19.6. The molecular formula is C24H28N4O. The van der Waals surface area contributed by atoms with Crippen LogP contribution in [-0.2, 0) is 0 Å². The number of nitrogens with one attached hydrogen (secondary N) is 1. The van der Waals surface area contributed by atoms with Crippen LogP contribution in [0, 0.1) is 23.7 Å². The highest BCUT2D eigenvalue weighted by Gasteiger charge is 2.24. The average Bonchev–Trinajstić information content (AvgIpc) is 3.56. The summed E-state index contributed by atoms with van der Waals surface area (Å²) in [4.78, 5) is 24.3. The summed E-state index contributed by atoms with van der Waals surface area (Å²) >= 11 is 0. The Labute approximate surface area is 172 Å². The molecule has 1 saturated carbocycles. The molecule has 0 bridgehead atoms. The normalized spacial score (nSPS) is 19.0. The highest BCUT2D eigenvalue weighted by Crippen LogP contribution is 2.28. The van der Waals surface area contributed by atoms with Crippen molar-refractivity contribution < 1.29 is 4.79 Å². The van der Waals surface area contributed by atoms with Crippen molar-refractivity contribution in [3.05, 3.63) is 53.5 Å². The van der Waals surface area contributed by atoms with E-state index in [4.69, 9.17) is 4.98 Å². The minimum absolute atomic E-state index is 0.117. The maximum atomic E-state index is 13.2. The van der Waals surface area contributed by atoms with Crippen LogP contribution in [0.5, 0.6) is 0 Å². The number of carbonyl (C=O) groups excluding carboxylic acids is 1. The average molecular weight is 389 g/mol. The smallest absolute Gasteiger partial charge is 0.214 e. The van der Waals surface area contributed by atoms with Gasteiger partial charge in [0.05, 0.1) is 5.56 Å². The van der Waals surface area contributed by atoms with Crippen molar-refractivity contribution in [2.45, 2.75) is 39.2 Å². The van der Waals surface area contributed by atoms with Crippen LogP contribution in [0.4, 0.5) is 5.82 Å². The molecule has 0 amide bonds. The van der Waals surface area contributed by atoms with Crippen LogP contribution < -0.4 is 10.2 Å². The SMILES string of the molecule is CC(C)C[C@H]1CN(c2ccc(C#CC3CC3)c(C(=O)c3cccnc3)n2)CCN1. The standard InChI is InChI=1S/C24H28N4O/c1-17(2)14-21-16-28(13-12-26-21)22-10-9-19(8-7-18-5-6-18)23(27-22)24(29)20-4-3-11-25-15-20/h3-4,9-11,15,17-18,21,26H,5-6,12-14,16H2,1-2H3/t21-/m0/s1. The summed E-state index contributed by atoms with van der Waals surface area (Å²) in [5, 5.41) is 3.60. The quantitative estimate of drug-likeness (QED) is 0.629. The monoisotopic (exact) mass is 388 g/mol. The van der Waals surface area contributed by atoms with Crippen molar-refractivity contribution in [2.75, 3.05) is 24.5 Å². The zero-order chi connectivity index (χ0) is 20.2. The second-order valence-electron chi connectivity index (χ2n) is 8.41. The molecular weight excluding hydrogens is 360 g/mol. The van der Waals surface area contributed by atoms with Gasteiger partial charge in [0.25, 0.3) is 0 Å². The van der Waals surface area contributed by atoms with Crippen LogP contribution in [0.15, 0.2) is 36.7 Å². The Morgan fingerprint density at radius 1 is 1.31 bits per heavy atom. The Morgan fingerprint density at radius 2 is 2.17 bits per heavy atom. The number of ketones is 1. The van der Waals surface area contributed by atoms with E-state index in [1.54, 1.807) is 24.5 Å². The lowest BCUT2D eigenvalue weighted by Crippen LogP contribution is -2.51. The first-order chi connectivity index (χ1) is 14.1. The fraction of sp³-hybridized carbons (Fsp3) is 0.458. The Hall–Kier alpha value is -2.71. The van der Waals surface area contributed by atoms with Crippen molar-refractivity contribution >= 4 is 11.6 Å². The van der Waals surface area contributed by atoms with Crippen LogP contribution in [0.2, 0.25) is 0 Å². The summed E-state index contributed by atoms with van der Waals surface area (Å²) in [6.45, 7) is 7.20. The van der Waals surface area contributed by atoms with Crippen LogP contribution in [0.1, 0.15) is 54.7 Å². The molecule has 1 atom stereocenters. The lowest BCUT2D eigenvalue weighted by atomic mass is 10.0. The molecule has 2 aliphatic rings. The van der Waals surface area contributed by atoms with E-state index < -0.39 is 0 Å². The Balaban J connectivity index is 1.64. The van der Waals surface area contributed by atoms with Gasteiger partial charge in [0, 0.05) is 49.6 Å². The summed E-state index contributed by atoms with van der Waals surface area (Å²) in [6.07, 6.45) is 6.70. The molecule has 2 aromatic heterocycles. The molecule has 0 radical (unpaired) electrons. The zero-order valence-corrected chi connectivity index (χ0v) is 17.2. The fourth-order valence-corrected chi connectivity index (χ4v) is 3.70. The van der Waals surface area contributed by atoms with Gasteiger partial charge in [-0.25, -0.2) is 4.98 Å². The fourth-order valence-electron chi connectivity index (χ4n) is 3.70. The molecule has 2 fully saturated rings. The third kappa shape index (κ3) is 5.02. The van der Waals surface area contributed by atoms with Gasteiger partial charge in [0.2, 0.25) is 5.78 Å². The topological polar surface area (TPSA) is 58.1 Å². The maximum absolute atomic E-state index is 13.2. The van der Waals surface area contributed by atoms with Gasteiger partial charge in [-0.15, -0.1) is 0 Å². The molecule has 4 rings (SSSR count). The molecule has 29 heavy (non-hydrogen) atoms. The van der Waals surface area contributed by atoms with Crippen LogP contribution in [0.25, 0.3) is 0 Å². The van der Waals surface area contributed by atoms with Gasteiger partial charge in [-0.2, -0.15) is 0 Å². The lowest BCUT2D eigenvalue weighted by Gasteiger charge is -2.35. The van der Waals surface area contributed by atoms with Crippen LogP contribution in [-0.4, -0.2) is 41.4 Å². The van der Waals surface area contributed by atoms with Crippen molar-refractivity contribution in [3.63, 3.8) is 0 Å². The lowest BCUT2D eigenvalue weighted by molar-refractivity contribution is 0.103. The molecule has 3 heterocycles. The molecule has 150 valence electrons. The summed E-state index contributed by atoms with van der Waals surface area (Å²) in [5.74, 6) is 8.32. The van der Waals surface area contributed by atoms with Gasteiger partial charge >= 0.3 is 0 Å². The molecule has 1 saturated heterocycles. The number of nitrogens with zero attached hydrogens (tertiary/aromatic N) is 3. The van der Waals surface area contributed by atoms with E-state index in [0.717, 1.165) is 44.7 Å². The molecule has 2 aromatic rings. The van der Waals surface area contributed by atoms with E-state index in [1.165, 1.54) is 0 Å². The Kier molecular flexibility index (Phi) is 5.92.